The number of para-hydroxylation sites is 1. The maximum absolute atomic E-state index is 12.7. The zero-order valence-electron chi connectivity index (χ0n) is 16.7. The van der Waals surface area contributed by atoms with Crippen molar-refractivity contribution in [1.82, 2.24) is 0 Å². The van der Waals surface area contributed by atoms with Crippen LogP contribution >= 0.6 is 11.6 Å². The van der Waals surface area contributed by atoms with Gasteiger partial charge in [-0.25, -0.2) is 0 Å². The largest absolute Gasteiger partial charge is 0.457 e. The summed E-state index contributed by atoms with van der Waals surface area (Å²) in [7, 11) is 0. The molecule has 0 aliphatic heterocycles. The number of carbonyl (C=O) groups excluding carboxylic acids is 1. The summed E-state index contributed by atoms with van der Waals surface area (Å²) in [5.74, 6) is -1.11. The lowest BCUT2D eigenvalue weighted by Gasteiger charge is -2.13. The first-order valence-electron chi connectivity index (χ1n) is 9.41. The van der Waals surface area contributed by atoms with E-state index in [4.69, 9.17) is 21.1 Å². The van der Waals surface area contributed by atoms with Gasteiger partial charge in [0.05, 0.1) is 5.92 Å². The molecule has 0 aromatic heterocycles. The molecule has 0 N–H and O–H groups in total. The van der Waals surface area contributed by atoms with Gasteiger partial charge in [-0.3, -0.25) is 4.79 Å². The molecule has 3 unspecified atom stereocenters. The number of carbonyl (C=O) groups is 1. The van der Waals surface area contributed by atoms with Gasteiger partial charge in [0.15, 0.2) is 0 Å². The van der Waals surface area contributed by atoms with E-state index in [0.29, 0.717) is 17.1 Å². The Morgan fingerprint density at radius 2 is 1.71 bits per heavy atom. The first kappa shape index (κ1) is 22.7. The highest BCUT2D eigenvalue weighted by Gasteiger charge is 2.62. The number of allylic oxidation sites excluding steroid dienone is 2. The minimum atomic E-state index is -4.67. The Hall–Kier alpha value is -2.98. The normalized spacial score (nSPS) is 21.0. The predicted octanol–water partition coefficient (Wildman–Crippen LogP) is 6.54. The molecule has 2 aromatic rings. The van der Waals surface area contributed by atoms with Crippen molar-refractivity contribution in [3.05, 3.63) is 71.3 Å². The summed E-state index contributed by atoms with van der Waals surface area (Å²) in [6.45, 7) is 3.30. The summed E-state index contributed by atoms with van der Waals surface area (Å²) < 4.78 is 49.1. The number of nitriles is 1. The Bertz CT molecular complexity index is 1010. The second kappa shape index (κ2) is 8.64. The van der Waals surface area contributed by atoms with Crippen molar-refractivity contribution in [3.63, 3.8) is 0 Å². The summed E-state index contributed by atoms with van der Waals surface area (Å²) in [6, 6.07) is 17.5. The molecule has 1 fully saturated rings. The average molecular weight is 450 g/mol. The first-order chi connectivity index (χ1) is 14.5. The molecule has 1 aliphatic rings. The molecule has 3 atom stereocenters. The van der Waals surface area contributed by atoms with Crippen molar-refractivity contribution in [2.75, 3.05) is 0 Å². The second-order valence-electron chi connectivity index (χ2n) is 7.77. The van der Waals surface area contributed by atoms with E-state index in [1.54, 1.807) is 50.2 Å². The van der Waals surface area contributed by atoms with Crippen LogP contribution in [0.3, 0.4) is 0 Å². The summed E-state index contributed by atoms with van der Waals surface area (Å²) in [4.78, 5) is 12.6. The molecule has 0 amide bonds. The van der Waals surface area contributed by atoms with Crippen LogP contribution in [0, 0.1) is 28.6 Å². The number of nitrogens with zero attached hydrogens (tertiary/aromatic N) is 1. The van der Waals surface area contributed by atoms with Gasteiger partial charge >= 0.3 is 12.1 Å². The van der Waals surface area contributed by atoms with E-state index in [-0.39, 0.29) is 0 Å². The van der Waals surface area contributed by atoms with Crippen molar-refractivity contribution in [3.8, 4) is 17.6 Å². The summed E-state index contributed by atoms with van der Waals surface area (Å²) >= 11 is 5.31. The van der Waals surface area contributed by atoms with Crippen LogP contribution in [-0.4, -0.2) is 12.1 Å². The Morgan fingerprint density at radius 1 is 1.13 bits per heavy atom. The van der Waals surface area contributed by atoms with Crippen molar-refractivity contribution in [2.24, 2.45) is 17.3 Å². The van der Waals surface area contributed by atoms with Gasteiger partial charge < -0.3 is 9.47 Å². The number of alkyl halides is 3. The number of hydrogen-bond acceptors (Lipinski definition) is 4. The van der Waals surface area contributed by atoms with E-state index < -0.39 is 40.5 Å². The quantitative estimate of drug-likeness (QED) is 0.469. The Balaban J connectivity index is 1.67. The molecule has 0 heterocycles. The molecular formula is C23H19ClF3NO3. The maximum atomic E-state index is 12.7. The van der Waals surface area contributed by atoms with Crippen LogP contribution in [0.1, 0.15) is 25.5 Å². The average Bonchev–Trinajstić information content (AvgIpc) is 3.26. The highest BCUT2D eigenvalue weighted by atomic mass is 35.5. The van der Waals surface area contributed by atoms with E-state index in [2.05, 4.69) is 0 Å². The van der Waals surface area contributed by atoms with E-state index in [1.807, 2.05) is 24.3 Å². The fraction of sp³-hybridized carbons (Fsp3) is 0.304. The van der Waals surface area contributed by atoms with Gasteiger partial charge in [-0.05, 0) is 35.6 Å². The number of ether oxygens (including phenoxy) is 2. The number of halogens is 4. The van der Waals surface area contributed by atoms with Gasteiger partial charge in [0.25, 0.3) is 0 Å². The van der Waals surface area contributed by atoms with Crippen molar-refractivity contribution < 1.29 is 27.4 Å². The molecule has 0 spiro atoms. The fourth-order valence-electron chi connectivity index (χ4n) is 3.38. The summed E-state index contributed by atoms with van der Waals surface area (Å²) in [6.07, 6.45) is -5.03. The standard InChI is InChI=1S/C23H19ClF3NO3/c1-22(2)17(12-19(24)23(25,26)27)20(22)21(29)31-18(13-28)14-8-10-16(11-9-14)30-15-6-4-3-5-7-15/h3-12,17-18,20H,1-2H3/b19-12-. The molecule has 162 valence electrons. The lowest BCUT2D eigenvalue weighted by atomic mass is 10.1. The maximum Gasteiger partial charge on any atom is 0.426 e. The molecule has 4 nitrogen and oxygen atoms in total. The molecule has 1 aliphatic carbocycles. The van der Waals surface area contributed by atoms with Gasteiger partial charge in [0.1, 0.15) is 22.6 Å². The fourth-order valence-corrected chi connectivity index (χ4v) is 3.52. The highest BCUT2D eigenvalue weighted by Crippen LogP contribution is 2.60. The first-order valence-corrected chi connectivity index (χ1v) is 9.79. The summed E-state index contributed by atoms with van der Waals surface area (Å²) in [5, 5.41) is 8.17. The smallest absolute Gasteiger partial charge is 0.426 e. The third kappa shape index (κ3) is 5.20. The van der Waals surface area contributed by atoms with Crippen molar-refractivity contribution in [1.29, 1.82) is 5.26 Å². The number of hydrogen-bond donors (Lipinski definition) is 0. The Morgan fingerprint density at radius 3 is 2.26 bits per heavy atom. The molecular weight excluding hydrogens is 431 g/mol. The van der Waals surface area contributed by atoms with Crippen LogP contribution in [0.15, 0.2) is 65.7 Å². The van der Waals surface area contributed by atoms with Crippen LogP contribution in [0.5, 0.6) is 11.5 Å². The summed E-state index contributed by atoms with van der Waals surface area (Å²) in [5.41, 5.74) is -0.328. The van der Waals surface area contributed by atoms with Crippen LogP contribution in [0.4, 0.5) is 13.2 Å². The molecule has 3 rings (SSSR count). The van der Waals surface area contributed by atoms with Gasteiger partial charge in [-0.2, -0.15) is 18.4 Å². The van der Waals surface area contributed by atoms with E-state index in [1.165, 1.54) is 0 Å². The van der Waals surface area contributed by atoms with E-state index in [9.17, 15) is 23.2 Å². The monoisotopic (exact) mass is 449 g/mol. The predicted molar refractivity (Wildman–Crippen MR) is 108 cm³/mol. The zero-order chi connectivity index (χ0) is 22.8. The topological polar surface area (TPSA) is 59.3 Å². The molecule has 31 heavy (non-hydrogen) atoms. The minimum absolute atomic E-state index is 0.426. The lowest BCUT2D eigenvalue weighted by molar-refractivity contribution is -0.149. The SMILES string of the molecule is CC1(C)C(/C=C(\Cl)C(F)(F)F)C1C(=O)OC(C#N)c1ccc(Oc2ccccc2)cc1. The third-order valence-electron chi connectivity index (χ3n) is 5.27. The molecule has 1 saturated carbocycles. The van der Waals surface area contributed by atoms with Crippen LogP contribution in [0.25, 0.3) is 0 Å². The number of benzene rings is 2. The Kier molecular flexibility index (Phi) is 6.33. The Labute approximate surface area is 182 Å². The molecule has 2 aromatic carbocycles. The van der Waals surface area contributed by atoms with E-state index in [0.717, 1.165) is 6.08 Å². The van der Waals surface area contributed by atoms with Gasteiger partial charge in [0, 0.05) is 5.56 Å². The lowest BCUT2D eigenvalue weighted by Crippen LogP contribution is -2.14. The van der Waals surface area contributed by atoms with Gasteiger partial charge in [0.2, 0.25) is 6.10 Å². The van der Waals surface area contributed by atoms with Crippen LogP contribution in [-0.2, 0) is 9.53 Å². The zero-order valence-corrected chi connectivity index (χ0v) is 17.4. The minimum Gasteiger partial charge on any atom is -0.457 e. The molecule has 8 heteroatoms. The van der Waals surface area contributed by atoms with E-state index >= 15 is 0 Å². The van der Waals surface area contributed by atoms with Crippen LogP contribution in [0.2, 0.25) is 0 Å². The molecule has 0 radical (unpaired) electrons. The van der Waals surface area contributed by atoms with Crippen molar-refractivity contribution in [2.45, 2.75) is 26.1 Å². The second-order valence-corrected chi connectivity index (χ2v) is 8.17. The molecule has 0 saturated heterocycles. The third-order valence-corrected chi connectivity index (χ3v) is 5.61. The van der Waals surface area contributed by atoms with Crippen LogP contribution < -0.4 is 4.74 Å². The van der Waals surface area contributed by atoms with Gasteiger partial charge in [-0.1, -0.05) is 61.9 Å². The molecule has 0 bridgehead atoms. The van der Waals surface area contributed by atoms with Gasteiger partial charge in [-0.15, -0.1) is 0 Å². The number of esters is 1. The van der Waals surface area contributed by atoms with Crippen molar-refractivity contribution >= 4 is 17.6 Å². The number of rotatable bonds is 6. The highest BCUT2D eigenvalue weighted by molar-refractivity contribution is 6.30.